The van der Waals surface area contributed by atoms with E-state index in [1.807, 2.05) is 0 Å². The zero-order valence-corrected chi connectivity index (χ0v) is 10.7. The molecule has 5 unspecified atom stereocenters. The molecule has 1 heterocycles. The smallest absolute Gasteiger partial charge is 0.405 e. The molecule has 3 aliphatic rings. The van der Waals surface area contributed by atoms with E-state index in [1.165, 1.54) is 0 Å². The molecular weight excluding hydrogens is 277 g/mol. The average molecular weight is 290 g/mol. The van der Waals surface area contributed by atoms with Crippen molar-refractivity contribution in [3.05, 3.63) is 12.7 Å². The molecule has 1 saturated heterocycles. The van der Waals surface area contributed by atoms with Gasteiger partial charge in [0, 0.05) is 12.0 Å². The molecule has 2 saturated carbocycles. The normalized spacial score (nSPS) is 45.4. The largest absolute Gasteiger partial charge is 0.421 e. The number of fused-ring (bicyclic) bond motifs is 1. The van der Waals surface area contributed by atoms with Gasteiger partial charge in [0.2, 0.25) is 0 Å². The molecule has 0 aromatic rings. The number of halogens is 3. The van der Waals surface area contributed by atoms with Crippen molar-refractivity contribution in [1.29, 1.82) is 0 Å². The third-order valence-electron chi connectivity index (χ3n) is 5.09. The van der Waals surface area contributed by atoms with Crippen LogP contribution in [0.3, 0.4) is 0 Å². The predicted octanol–water partition coefficient (Wildman–Crippen LogP) is 2.19. The van der Waals surface area contributed by atoms with Crippen LogP contribution in [0.25, 0.3) is 0 Å². The highest BCUT2D eigenvalue weighted by molar-refractivity contribution is 5.85. The highest BCUT2D eigenvalue weighted by Crippen LogP contribution is 2.73. The molecule has 0 aromatic heterocycles. The number of rotatable bonds is 2. The maximum atomic E-state index is 13.4. The van der Waals surface area contributed by atoms with Gasteiger partial charge in [-0.3, -0.25) is 4.79 Å². The van der Waals surface area contributed by atoms with E-state index in [4.69, 9.17) is 9.47 Å². The Labute approximate surface area is 112 Å². The lowest BCUT2D eigenvalue weighted by Gasteiger charge is -2.38. The molecule has 0 aromatic carbocycles. The molecule has 2 bridgehead atoms. The quantitative estimate of drug-likeness (QED) is 0.578. The van der Waals surface area contributed by atoms with Crippen LogP contribution >= 0.6 is 0 Å². The second kappa shape index (κ2) is 3.56. The summed E-state index contributed by atoms with van der Waals surface area (Å²) in [6.07, 6.45) is -3.95. The van der Waals surface area contributed by atoms with Gasteiger partial charge < -0.3 is 9.47 Å². The summed E-state index contributed by atoms with van der Waals surface area (Å²) in [4.78, 5) is 23.3. The fourth-order valence-electron chi connectivity index (χ4n) is 4.12. The van der Waals surface area contributed by atoms with E-state index in [1.54, 1.807) is 6.92 Å². The third-order valence-corrected chi connectivity index (χ3v) is 5.09. The summed E-state index contributed by atoms with van der Waals surface area (Å²) in [5.74, 6) is -5.94. The Balaban J connectivity index is 2.09. The Kier molecular flexibility index (Phi) is 2.40. The second-order valence-corrected chi connectivity index (χ2v) is 5.75. The minimum absolute atomic E-state index is 0.177. The first kappa shape index (κ1) is 13.5. The van der Waals surface area contributed by atoms with Crippen LogP contribution in [-0.2, 0) is 19.1 Å². The first-order valence-electron chi connectivity index (χ1n) is 6.34. The van der Waals surface area contributed by atoms with E-state index >= 15 is 0 Å². The molecule has 20 heavy (non-hydrogen) atoms. The van der Waals surface area contributed by atoms with E-state index in [0.717, 1.165) is 6.08 Å². The maximum Gasteiger partial charge on any atom is 0.405 e. The Morgan fingerprint density at radius 3 is 2.70 bits per heavy atom. The van der Waals surface area contributed by atoms with E-state index < -0.39 is 41.2 Å². The van der Waals surface area contributed by atoms with E-state index in [9.17, 15) is 22.8 Å². The van der Waals surface area contributed by atoms with E-state index in [-0.39, 0.29) is 18.8 Å². The van der Waals surface area contributed by atoms with Crippen molar-refractivity contribution in [3.63, 3.8) is 0 Å². The van der Waals surface area contributed by atoms with Gasteiger partial charge >= 0.3 is 18.1 Å². The Morgan fingerprint density at radius 2 is 2.20 bits per heavy atom. The molecule has 7 heteroatoms. The lowest BCUT2D eigenvalue weighted by Crippen LogP contribution is -2.52. The Morgan fingerprint density at radius 1 is 1.55 bits per heavy atom. The van der Waals surface area contributed by atoms with Crippen LogP contribution < -0.4 is 0 Å². The summed E-state index contributed by atoms with van der Waals surface area (Å²) in [5.41, 5.74) is -2.52. The van der Waals surface area contributed by atoms with Gasteiger partial charge in [-0.25, -0.2) is 4.79 Å². The average Bonchev–Trinajstić information content (AvgIpc) is 2.91. The van der Waals surface area contributed by atoms with Crippen molar-refractivity contribution in [2.24, 2.45) is 23.2 Å². The molecule has 110 valence electrons. The van der Waals surface area contributed by atoms with Crippen LogP contribution in [0.1, 0.15) is 19.8 Å². The second-order valence-electron chi connectivity index (χ2n) is 5.75. The SMILES string of the molecule is C=CC(=O)OC12OC(=O)C3(C(F)(F)F)CC(CC13)C2C. The van der Waals surface area contributed by atoms with Crippen LogP contribution in [-0.4, -0.2) is 23.9 Å². The van der Waals surface area contributed by atoms with Crippen LogP contribution in [0.2, 0.25) is 0 Å². The summed E-state index contributed by atoms with van der Waals surface area (Å²) in [6, 6.07) is 0. The number of alkyl halides is 3. The van der Waals surface area contributed by atoms with Gasteiger partial charge in [0.25, 0.3) is 5.79 Å². The number of esters is 2. The summed E-state index contributed by atoms with van der Waals surface area (Å²) in [5, 5.41) is 0. The number of ether oxygens (including phenoxy) is 2. The molecule has 0 spiro atoms. The molecule has 5 atom stereocenters. The van der Waals surface area contributed by atoms with Gasteiger partial charge in [-0.1, -0.05) is 13.5 Å². The molecule has 2 aliphatic carbocycles. The Bertz CT molecular complexity index is 514. The predicted molar refractivity (Wildman–Crippen MR) is 59.0 cm³/mol. The van der Waals surface area contributed by atoms with Crippen LogP contribution in [0.4, 0.5) is 13.2 Å². The highest BCUT2D eigenvalue weighted by Gasteiger charge is 2.85. The van der Waals surface area contributed by atoms with Crippen molar-refractivity contribution in [1.82, 2.24) is 0 Å². The molecule has 0 amide bonds. The van der Waals surface area contributed by atoms with Crippen molar-refractivity contribution >= 4 is 11.9 Å². The minimum atomic E-state index is -4.70. The molecule has 4 nitrogen and oxygen atoms in total. The fourth-order valence-corrected chi connectivity index (χ4v) is 4.12. The topological polar surface area (TPSA) is 52.6 Å². The van der Waals surface area contributed by atoms with Crippen LogP contribution in [0, 0.1) is 23.2 Å². The maximum absolute atomic E-state index is 13.4. The van der Waals surface area contributed by atoms with Crippen molar-refractivity contribution in [2.45, 2.75) is 31.7 Å². The third kappa shape index (κ3) is 1.24. The summed E-state index contributed by atoms with van der Waals surface area (Å²) >= 11 is 0. The number of carbonyl (C=O) groups is 2. The Hall–Kier alpha value is -1.53. The first-order chi connectivity index (χ1) is 9.19. The number of hydrogen-bond acceptors (Lipinski definition) is 4. The van der Waals surface area contributed by atoms with Gasteiger partial charge in [0.05, 0.1) is 5.92 Å². The van der Waals surface area contributed by atoms with Crippen molar-refractivity contribution in [2.75, 3.05) is 0 Å². The molecule has 0 N–H and O–H groups in total. The van der Waals surface area contributed by atoms with E-state index in [0.29, 0.717) is 0 Å². The molecule has 3 fully saturated rings. The molecular formula is C13H13F3O4. The van der Waals surface area contributed by atoms with Crippen LogP contribution in [0.15, 0.2) is 12.7 Å². The van der Waals surface area contributed by atoms with Gasteiger partial charge in [-0.2, -0.15) is 13.2 Å². The standard InChI is InChI=1S/C13H13F3O4/c1-3-9(17)19-12-6(2)7-4-8(12)11(5-7,10(18)20-12)13(14,15)16/h3,6-8H,1,4-5H2,2H3. The number of hydrogen-bond donors (Lipinski definition) is 0. The van der Waals surface area contributed by atoms with Gasteiger partial charge in [0.1, 0.15) is 0 Å². The minimum Gasteiger partial charge on any atom is -0.421 e. The zero-order valence-electron chi connectivity index (χ0n) is 10.7. The first-order valence-corrected chi connectivity index (χ1v) is 6.34. The molecule has 1 aliphatic heterocycles. The zero-order chi connectivity index (χ0) is 14.9. The lowest BCUT2D eigenvalue weighted by atomic mass is 9.69. The highest BCUT2D eigenvalue weighted by atomic mass is 19.4. The summed E-state index contributed by atoms with van der Waals surface area (Å²) in [6.45, 7) is 4.87. The van der Waals surface area contributed by atoms with Gasteiger partial charge in [0.15, 0.2) is 5.41 Å². The van der Waals surface area contributed by atoms with Gasteiger partial charge in [-0.15, -0.1) is 0 Å². The van der Waals surface area contributed by atoms with Crippen LogP contribution in [0.5, 0.6) is 0 Å². The molecule has 3 rings (SSSR count). The lowest BCUT2D eigenvalue weighted by molar-refractivity contribution is -0.258. The van der Waals surface area contributed by atoms with Crippen molar-refractivity contribution in [3.8, 4) is 0 Å². The van der Waals surface area contributed by atoms with Gasteiger partial charge in [-0.05, 0) is 18.8 Å². The molecule has 0 radical (unpaired) electrons. The fraction of sp³-hybridized carbons (Fsp3) is 0.692. The van der Waals surface area contributed by atoms with E-state index in [2.05, 4.69) is 6.58 Å². The van der Waals surface area contributed by atoms with Crippen molar-refractivity contribution < 1.29 is 32.2 Å². The summed E-state index contributed by atoms with van der Waals surface area (Å²) < 4.78 is 50.3. The monoisotopic (exact) mass is 290 g/mol. The summed E-state index contributed by atoms with van der Waals surface area (Å²) in [7, 11) is 0. The number of carbonyl (C=O) groups excluding carboxylic acids is 2.